The number of thioether (sulfide) groups is 1. The van der Waals surface area contributed by atoms with Crippen LogP contribution in [-0.4, -0.2) is 41.5 Å². The molecule has 0 atom stereocenters. The summed E-state index contributed by atoms with van der Waals surface area (Å²) in [5.41, 5.74) is 3.16. The number of rotatable bonds is 6. The number of carbonyl (C=O) groups excluding carboxylic acids is 1. The third-order valence-corrected chi connectivity index (χ3v) is 6.85. The average Bonchev–Trinajstić information content (AvgIpc) is 3.36. The second-order valence-corrected chi connectivity index (χ2v) is 8.88. The van der Waals surface area contributed by atoms with Crippen molar-refractivity contribution in [1.82, 2.24) is 24.8 Å². The van der Waals surface area contributed by atoms with Crippen LogP contribution in [0.25, 0.3) is 5.69 Å². The van der Waals surface area contributed by atoms with Crippen molar-refractivity contribution in [3.8, 4) is 17.5 Å². The van der Waals surface area contributed by atoms with Gasteiger partial charge in [-0.15, -0.1) is 5.10 Å². The van der Waals surface area contributed by atoms with E-state index in [9.17, 15) is 15.2 Å². The van der Waals surface area contributed by atoms with Crippen LogP contribution in [0.1, 0.15) is 55.0 Å². The van der Waals surface area contributed by atoms with E-state index in [1.165, 1.54) is 22.9 Å². The summed E-state index contributed by atoms with van der Waals surface area (Å²) in [6.45, 7) is 3.95. The van der Waals surface area contributed by atoms with E-state index in [0.29, 0.717) is 28.3 Å². The van der Waals surface area contributed by atoms with E-state index in [4.69, 9.17) is 0 Å². The summed E-state index contributed by atoms with van der Waals surface area (Å²) in [5.74, 6) is 0.617. The maximum absolute atomic E-state index is 12.9. The molecule has 2 heterocycles. The molecule has 0 unspecified atom stereocenters. The zero-order valence-corrected chi connectivity index (χ0v) is 18.9. The van der Waals surface area contributed by atoms with E-state index in [1.54, 1.807) is 24.3 Å². The Labute approximate surface area is 190 Å². The number of anilines is 1. The van der Waals surface area contributed by atoms with Crippen LogP contribution in [0.5, 0.6) is 5.75 Å². The minimum atomic E-state index is -0.221. The van der Waals surface area contributed by atoms with Gasteiger partial charge in [0.1, 0.15) is 17.6 Å². The topological polar surface area (TPSA) is 122 Å². The van der Waals surface area contributed by atoms with Gasteiger partial charge in [0.25, 0.3) is 0 Å². The van der Waals surface area contributed by atoms with Gasteiger partial charge in [-0.1, -0.05) is 31.0 Å². The first-order valence-electron chi connectivity index (χ1n) is 10.6. The van der Waals surface area contributed by atoms with Crippen LogP contribution < -0.4 is 5.32 Å². The maximum Gasteiger partial charge on any atom is 0.235 e. The molecule has 32 heavy (non-hydrogen) atoms. The number of phenols is 1. The van der Waals surface area contributed by atoms with Gasteiger partial charge in [-0.05, 0) is 66.9 Å². The first-order chi connectivity index (χ1) is 15.5. The highest BCUT2D eigenvalue weighted by Crippen LogP contribution is 2.36. The highest BCUT2D eigenvalue weighted by Gasteiger charge is 2.26. The minimum Gasteiger partial charge on any atom is -0.508 e. The number of carbonyl (C=O) groups is 1. The third kappa shape index (κ3) is 4.34. The molecule has 1 saturated carbocycles. The average molecular weight is 452 g/mol. The van der Waals surface area contributed by atoms with Gasteiger partial charge in [-0.2, -0.15) is 9.94 Å². The van der Waals surface area contributed by atoms with Crippen molar-refractivity contribution < 1.29 is 9.90 Å². The van der Waals surface area contributed by atoms with Gasteiger partial charge < -0.3 is 15.0 Å². The Morgan fingerprint density at radius 3 is 2.66 bits per heavy atom. The van der Waals surface area contributed by atoms with Crippen molar-refractivity contribution >= 4 is 23.5 Å². The van der Waals surface area contributed by atoms with E-state index in [0.717, 1.165) is 36.9 Å². The molecule has 1 amide bonds. The molecule has 0 bridgehead atoms. The molecule has 1 aliphatic rings. The highest BCUT2D eigenvalue weighted by molar-refractivity contribution is 7.99. The number of aromatic nitrogens is 5. The van der Waals surface area contributed by atoms with Crippen LogP contribution in [0.3, 0.4) is 0 Å². The van der Waals surface area contributed by atoms with Crippen LogP contribution in [0.4, 0.5) is 5.82 Å². The second kappa shape index (κ2) is 9.44. The molecule has 0 radical (unpaired) electrons. The SMILES string of the molecule is Cc1c(C#N)c(NC(=O)CSc2nnnn2-c2ccc(O)cc2)n(C2CCCCC2)c1C. The van der Waals surface area contributed by atoms with Crippen LogP contribution in [0.2, 0.25) is 0 Å². The molecule has 0 aliphatic heterocycles. The maximum atomic E-state index is 12.9. The first kappa shape index (κ1) is 21.9. The molecule has 0 spiro atoms. The van der Waals surface area contributed by atoms with Crippen LogP contribution in [-0.2, 0) is 4.79 Å². The number of tetrazole rings is 1. The summed E-state index contributed by atoms with van der Waals surface area (Å²) in [5, 5.41) is 34.3. The molecule has 1 fully saturated rings. The molecule has 166 valence electrons. The fourth-order valence-corrected chi connectivity index (χ4v) is 4.90. The van der Waals surface area contributed by atoms with Crippen molar-refractivity contribution in [3.05, 3.63) is 41.1 Å². The highest BCUT2D eigenvalue weighted by atomic mass is 32.2. The fraction of sp³-hybridized carbons (Fsp3) is 0.409. The number of phenolic OH excluding ortho intramolecular Hbond substituents is 1. The van der Waals surface area contributed by atoms with Gasteiger partial charge in [-0.3, -0.25) is 4.79 Å². The molecule has 2 aromatic heterocycles. The van der Waals surface area contributed by atoms with Crippen molar-refractivity contribution in [2.24, 2.45) is 0 Å². The molecule has 3 aromatic rings. The van der Waals surface area contributed by atoms with Gasteiger partial charge in [0.2, 0.25) is 11.1 Å². The molecule has 1 aliphatic carbocycles. The Morgan fingerprint density at radius 1 is 1.25 bits per heavy atom. The van der Waals surface area contributed by atoms with Crippen LogP contribution in [0.15, 0.2) is 29.4 Å². The number of amides is 1. The van der Waals surface area contributed by atoms with Crippen LogP contribution >= 0.6 is 11.8 Å². The zero-order chi connectivity index (χ0) is 22.7. The van der Waals surface area contributed by atoms with E-state index >= 15 is 0 Å². The number of nitriles is 1. The Kier molecular flexibility index (Phi) is 6.46. The Hall–Kier alpha value is -3.32. The van der Waals surface area contributed by atoms with Crippen molar-refractivity contribution in [2.75, 3.05) is 11.1 Å². The van der Waals surface area contributed by atoms with E-state index in [1.807, 2.05) is 13.8 Å². The molecule has 10 heteroatoms. The summed E-state index contributed by atoms with van der Waals surface area (Å²) in [6.07, 6.45) is 5.66. The fourth-order valence-electron chi connectivity index (χ4n) is 4.21. The predicted molar refractivity (Wildman–Crippen MR) is 121 cm³/mol. The van der Waals surface area contributed by atoms with Gasteiger partial charge >= 0.3 is 0 Å². The largest absolute Gasteiger partial charge is 0.508 e. The second-order valence-electron chi connectivity index (χ2n) is 7.93. The summed E-state index contributed by atoms with van der Waals surface area (Å²) >= 11 is 1.21. The number of nitrogens with one attached hydrogen (secondary N) is 1. The summed E-state index contributed by atoms with van der Waals surface area (Å²) < 4.78 is 3.66. The smallest absolute Gasteiger partial charge is 0.235 e. The van der Waals surface area contributed by atoms with Gasteiger partial charge in [0, 0.05) is 11.7 Å². The van der Waals surface area contributed by atoms with Gasteiger partial charge in [-0.25, -0.2) is 0 Å². The number of hydrogen-bond donors (Lipinski definition) is 2. The number of aromatic hydroxyl groups is 1. The van der Waals surface area contributed by atoms with E-state index < -0.39 is 0 Å². The Morgan fingerprint density at radius 2 is 1.97 bits per heavy atom. The molecular formula is C22H25N7O2S. The Bertz CT molecular complexity index is 1150. The van der Waals surface area contributed by atoms with E-state index in [2.05, 4.69) is 31.5 Å². The lowest BCUT2D eigenvalue weighted by Crippen LogP contribution is -2.22. The number of hydrogen-bond acceptors (Lipinski definition) is 7. The molecule has 9 nitrogen and oxygen atoms in total. The first-order valence-corrected chi connectivity index (χ1v) is 11.6. The predicted octanol–water partition coefficient (Wildman–Crippen LogP) is 3.89. The van der Waals surface area contributed by atoms with Crippen LogP contribution in [0, 0.1) is 25.2 Å². The molecule has 1 aromatic carbocycles. The number of benzene rings is 1. The summed E-state index contributed by atoms with van der Waals surface area (Å²) in [4.78, 5) is 12.9. The molecule has 2 N–H and O–H groups in total. The molecule has 0 saturated heterocycles. The monoisotopic (exact) mass is 451 g/mol. The van der Waals surface area contributed by atoms with E-state index in [-0.39, 0.29) is 17.4 Å². The lowest BCUT2D eigenvalue weighted by molar-refractivity contribution is -0.113. The third-order valence-electron chi connectivity index (χ3n) is 5.93. The van der Waals surface area contributed by atoms with Crippen molar-refractivity contribution in [2.45, 2.75) is 57.1 Å². The summed E-state index contributed by atoms with van der Waals surface area (Å²) in [6, 6.07) is 9.05. The van der Waals surface area contributed by atoms with Gasteiger partial charge in [0.15, 0.2) is 0 Å². The summed E-state index contributed by atoms with van der Waals surface area (Å²) in [7, 11) is 0. The normalized spacial score (nSPS) is 14.3. The standard InChI is InChI=1S/C22H25N7O2S/c1-14-15(2)28(16-6-4-3-5-7-16)21(19(14)12-23)24-20(31)13-32-22-25-26-27-29(22)17-8-10-18(30)11-9-17/h8-11,16,30H,3-7,13H2,1-2H3,(H,24,31). The van der Waals surface area contributed by atoms with Crippen molar-refractivity contribution in [1.29, 1.82) is 5.26 Å². The van der Waals surface area contributed by atoms with Gasteiger partial charge in [0.05, 0.1) is 17.0 Å². The molecule has 4 rings (SSSR count). The lowest BCUT2D eigenvalue weighted by atomic mass is 9.95. The molecular weight excluding hydrogens is 426 g/mol. The number of nitrogens with zero attached hydrogens (tertiary/aromatic N) is 6. The zero-order valence-electron chi connectivity index (χ0n) is 18.1. The van der Waals surface area contributed by atoms with Crippen molar-refractivity contribution in [3.63, 3.8) is 0 Å². The lowest BCUT2D eigenvalue weighted by Gasteiger charge is -2.27. The quantitative estimate of drug-likeness (QED) is 0.545. The minimum absolute atomic E-state index is 0.0945. The Balaban J connectivity index is 1.51.